The van der Waals surface area contributed by atoms with Gasteiger partial charge >= 0.3 is 12.2 Å². The second-order valence-electron chi connectivity index (χ2n) is 9.34. The Kier molecular flexibility index (Phi) is 7.91. The largest absolute Gasteiger partial charge is 0.391 e. The number of piperidine rings is 1. The van der Waals surface area contributed by atoms with Crippen molar-refractivity contribution < 1.29 is 22.8 Å². The zero-order valence-corrected chi connectivity index (χ0v) is 20.3. The van der Waals surface area contributed by atoms with Gasteiger partial charge in [0.2, 0.25) is 5.91 Å². The molecule has 0 spiro atoms. The van der Waals surface area contributed by atoms with Gasteiger partial charge in [0.25, 0.3) is 0 Å². The minimum Gasteiger partial charge on any atom is -0.372 e. The van der Waals surface area contributed by atoms with Crippen LogP contribution < -0.4 is 20.9 Å². The maximum atomic E-state index is 12.9. The Labute approximate surface area is 209 Å². The number of urea groups is 1. The summed E-state index contributed by atoms with van der Waals surface area (Å²) in [6, 6.07) is 14.6. The molecule has 0 aliphatic carbocycles. The quantitative estimate of drug-likeness (QED) is 0.491. The highest BCUT2D eigenvalue weighted by molar-refractivity contribution is 5.90. The molecule has 0 radical (unpaired) electrons. The maximum Gasteiger partial charge on any atom is 0.391 e. The molecule has 1 atom stereocenters. The number of alkyl halides is 3. The van der Waals surface area contributed by atoms with Gasteiger partial charge in [-0.05, 0) is 61.2 Å². The van der Waals surface area contributed by atoms with Crippen molar-refractivity contribution in [1.29, 1.82) is 0 Å². The molecule has 2 heterocycles. The van der Waals surface area contributed by atoms with Crippen LogP contribution in [0.3, 0.4) is 0 Å². The summed E-state index contributed by atoms with van der Waals surface area (Å²) >= 11 is 0. The third-order valence-corrected chi connectivity index (χ3v) is 6.70. The minimum absolute atomic E-state index is 0.128. The molecule has 2 fully saturated rings. The summed E-state index contributed by atoms with van der Waals surface area (Å²) in [6.07, 6.45) is -3.01. The predicted octanol–water partition coefficient (Wildman–Crippen LogP) is 4.63. The smallest absolute Gasteiger partial charge is 0.372 e. The summed E-state index contributed by atoms with van der Waals surface area (Å²) in [7, 11) is 0. The topological polar surface area (TPSA) is 76.7 Å². The summed E-state index contributed by atoms with van der Waals surface area (Å²) in [5.74, 6) is -1.41. The lowest BCUT2D eigenvalue weighted by atomic mass is 9.96. The first-order chi connectivity index (χ1) is 17.2. The third-order valence-electron chi connectivity index (χ3n) is 6.70. The molecule has 2 saturated heterocycles. The number of nitrogens with zero attached hydrogens (tertiary/aromatic N) is 2. The molecule has 3 N–H and O–H groups in total. The van der Waals surface area contributed by atoms with Crippen LogP contribution in [-0.2, 0) is 11.3 Å². The summed E-state index contributed by atoms with van der Waals surface area (Å²) in [5, 5.41) is 8.90. The number of hydrogen-bond acceptors (Lipinski definition) is 4. The van der Waals surface area contributed by atoms with Crippen LogP contribution in [0.5, 0.6) is 0 Å². The Morgan fingerprint density at radius 1 is 1.03 bits per heavy atom. The summed E-state index contributed by atoms with van der Waals surface area (Å²) in [4.78, 5) is 27.9. The molecule has 2 aromatic rings. The van der Waals surface area contributed by atoms with E-state index >= 15 is 0 Å². The summed E-state index contributed by atoms with van der Waals surface area (Å²) in [5.41, 5.74) is 3.60. The molecule has 0 aromatic heterocycles. The first-order valence-corrected chi connectivity index (χ1v) is 12.3. The van der Waals surface area contributed by atoms with E-state index in [-0.39, 0.29) is 24.8 Å². The number of anilines is 3. The minimum atomic E-state index is -4.11. The Hall–Kier alpha value is -3.43. The van der Waals surface area contributed by atoms with Crippen molar-refractivity contribution >= 4 is 29.0 Å². The molecular formula is C26H32F3N5O2. The molecule has 7 nitrogen and oxygen atoms in total. The Morgan fingerprint density at radius 2 is 1.64 bits per heavy atom. The Morgan fingerprint density at radius 3 is 2.22 bits per heavy atom. The fourth-order valence-corrected chi connectivity index (χ4v) is 4.61. The first-order valence-electron chi connectivity index (χ1n) is 12.3. The maximum absolute atomic E-state index is 12.9. The second-order valence-corrected chi connectivity index (χ2v) is 9.34. The average molecular weight is 504 g/mol. The van der Waals surface area contributed by atoms with E-state index in [0.717, 1.165) is 29.0 Å². The van der Waals surface area contributed by atoms with Gasteiger partial charge in [0.15, 0.2) is 0 Å². The summed E-state index contributed by atoms with van der Waals surface area (Å²) in [6.45, 7) is 4.17. The number of benzene rings is 2. The Bertz CT molecular complexity index is 1040. The molecule has 2 aromatic carbocycles. The predicted molar refractivity (Wildman–Crippen MR) is 133 cm³/mol. The van der Waals surface area contributed by atoms with Gasteiger partial charge in [-0.15, -0.1) is 0 Å². The molecule has 4 rings (SSSR count). The van der Waals surface area contributed by atoms with Gasteiger partial charge in [-0.2, -0.15) is 13.2 Å². The number of carbonyl (C=O) groups excluding carboxylic acids is 2. The van der Waals surface area contributed by atoms with E-state index in [0.29, 0.717) is 32.7 Å². The van der Waals surface area contributed by atoms with Crippen molar-refractivity contribution in [2.45, 2.75) is 44.9 Å². The monoisotopic (exact) mass is 503 g/mol. The van der Waals surface area contributed by atoms with Crippen molar-refractivity contribution in [3.8, 4) is 0 Å². The number of nitrogens with one attached hydrogen (secondary N) is 3. The van der Waals surface area contributed by atoms with Crippen molar-refractivity contribution in [2.75, 3.05) is 36.4 Å². The Balaban J connectivity index is 1.23. The molecule has 10 heteroatoms. The van der Waals surface area contributed by atoms with E-state index in [9.17, 15) is 22.8 Å². The highest BCUT2D eigenvalue weighted by Crippen LogP contribution is 2.35. The number of amides is 3. The SMILES string of the molecule is CCCN1CC(C(=O)NCc2ccc(Nc3ccc(N4CCC(C(F)(F)F)CC4)cc3)cc2)NC1=O. The first kappa shape index (κ1) is 25.7. The van der Waals surface area contributed by atoms with Crippen molar-refractivity contribution in [2.24, 2.45) is 5.92 Å². The van der Waals surface area contributed by atoms with E-state index in [1.54, 1.807) is 4.90 Å². The average Bonchev–Trinajstić information content (AvgIpc) is 3.24. The van der Waals surface area contributed by atoms with Crippen LogP contribution in [0.4, 0.5) is 35.0 Å². The van der Waals surface area contributed by atoms with E-state index in [2.05, 4.69) is 16.0 Å². The number of rotatable bonds is 8. The van der Waals surface area contributed by atoms with Crippen LogP contribution in [0, 0.1) is 5.92 Å². The van der Waals surface area contributed by atoms with Crippen LogP contribution in [0.25, 0.3) is 0 Å². The molecule has 36 heavy (non-hydrogen) atoms. The lowest BCUT2D eigenvalue weighted by Gasteiger charge is -2.34. The van der Waals surface area contributed by atoms with Crippen molar-refractivity contribution in [1.82, 2.24) is 15.5 Å². The van der Waals surface area contributed by atoms with Crippen LogP contribution >= 0.6 is 0 Å². The number of carbonyl (C=O) groups is 2. The molecule has 0 bridgehead atoms. The zero-order valence-electron chi connectivity index (χ0n) is 20.3. The third kappa shape index (κ3) is 6.41. The zero-order chi connectivity index (χ0) is 25.7. The molecule has 2 aliphatic heterocycles. The van der Waals surface area contributed by atoms with Crippen LogP contribution in [0.1, 0.15) is 31.7 Å². The number of halogens is 3. The van der Waals surface area contributed by atoms with E-state index in [1.165, 1.54) is 0 Å². The fourth-order valence-electron chi connectivity index (χ4n) is 4.61. The molecule has 2 aliphatic rings. The fraction of sp³-hybridized carbons (Fsp3) is 0.462. The van der Waals surface area contributed by atoms with Gasteiger partial charge in [0.1, 0.15) is 6.04 Å². The van der Waals surface area contributed by atoms with Gasteiger partial charge in [-0.1, -0.05) is 19.1 Å². The van der Waals surface area contributed by atoms with Crippen LogP contribution in [0.15, 0.2) is 48.5 Å². The molecule has 194 valence electrons. The van der Waals surface area contributed by atoms with Crippen molar-refractivity contribution in [3.63, 3.8) is 0 Å². The highest BCUT2D eigenvalue weighted by atomic mass is 19.4. The molecule has 3 amide bonds. The van der Waals surface area contributed by atoms with Gasteiger partial charge in [0.05, 0.1) is 12.5 Å². The number of hydrogen-bond donors (Lipinski definition) is 3. The van der Waals surface area contributed by atoms with E-state index < -0.39 is 18.1 Å². The summed E-state index contributed by atoms with van der Waals surface area (Å²) < 4.78 is 38.7. The van der Waals surface area contributed by atoms with Crippen molar-refractivity contribution in [3.05, 3.63) is 54.1 Å². The lowest BCUT2D eigenvalue weighted by molar-refractivity contribution is -0.179. The highest BCUT2D eigenvalue weighted by Gasteiger charge is 2.41. The van der Waals surface area contributed by atoms with Gasteiger partial charge in [0, 0.05) is 43.2 Å². The van der Waals surface area contributed by atoms with E-state index in [4.69, 9.17) is 0 Å². The van der Waals surface area contributed by atoms with Crippen LogP contribution in [0.2, 0.25) is 0 Å². The van der Waals surface area contributed by atoms with Gasteiger partial charge in [-0.3, -0.25) is 4.79 Å². The molecular weight excluding hydrogens is 471 g/mol. The van der Waals surface area contributed by atoms with Gasteiger partial charge in [-0.25, -0.2) is 4.79 Å². The molecule has 1 unspecified atom stereocenters. The lowest BCUT2D eigenvalue weighted by Crippen LogP contribution is -2.42. The van der Waals surface area contributed by atoms with Crippen LogP contribution in [-0.4, -0.2) is 55.2 Å². The standard InChI is InChI=1S/C26H32F3N5O2/c1-2-13-34-17-23(32-25(34)36)24(35)30-16-18-3-5-20(6-4-18)31-21-7-9-22(10-8-21)33-14-11-19(12-15-33)26(27,28)29/h3-10,19,23,31H,2,11-17H2,1H3,(H,30,35)(H,32,36). The van der Waals surface area contributed by atoms with Gasteiger partial charge < -0.3 is 25.8 Å². The molecule has 0 saturated carbocycles. The second kappa shape index (κ2) is 11.1. The normalized spacial score (nSPS) is 18.8. The van der Waals surface area contributed by atoms with E-state index in [1.807, 2.05) is 60.4 Å².